The van der Waals surface area contributed by atoms with Gasteiger partial charge in [0.15, 0.2) is 11.5 Å². The lowest BCUT2D eigenvalue weighted by molar-refractivity contribution is -0.123. The van der Waals surface area contributed by atoms with Crippen molar-refractivity contribution < 1.29 is 19.1 Å². The Morgan fingerprint density at radius 2 is 1.72 bits per heavy atom. The molecule has 29 heavy (non-hydrogen) atoms. The van der Waals surface area contributed by atoms with E-state index in [1.54, 1.807) is 32.4 Å². The summed E-state index contributed by atoms with van der Waals surface area (Å²) < 4.78 is 10.8. The molecule has 2 aliphatic rings. The van der Waals surface area contributed by atoms with Crippen LogP contribution in [0.1, 0.15) is 17.5 Å². The topological polar surface area (TPSA) is 59.1 Å². The van der Waals surface area contributed by atoms with Gasteiger partial charge in [0.05, 0.1) is 42.4 Å². The van der Waals surface area contributed by atoms with Crippen LogP contribution >= 0.6 is 23.2 Å². The molecule has 2 aromatic rings. The zero-order valence-electron chi connectivity index (χ0n) is 16.1. The lowest BCUT2D eigenvalue weighted by Gasteiger charge is -2.32. The normalized spacial score (nSPS) is 19.4. The van der Waals surface area contributed by atoms with Crippen LogP contribution in [0.3, 0.4) is 0 Å². The third-order valence-electron chi connectivity index (χ3n) is 5.48. The molecule has 1 fully saturated rings. The van der Waals surface area contributed by atoms with Crippen molar-refractivity contribution in [2.45, 2.75) is 25.4 Å². The highest BCUT2D eigenvalue weighted by molar-refractivity contribution is 6.44. The summed E-state index contributed by atoms with van der Waals surface area (Å²) in [5.74, 6) is 0.785. The van der Waals surface area contributed by atoms with Gasteiger partial charge < -0.3 is 9.47 Å². The molecule has 0 aromatic heterocycles. The van der Waals surface area contributed by atoms with E-state index in [1.165, 1.54) is 0 Å². The van der Waals surface area contributed by atoms with Crippen LogP contribution in [-0.2, 0) is 22.6 Å². The first-order valence-corrected chi connectivity index (χ1v) is 9.98. The van der Waals surface area contributed by atoms with Crippen molar-refractivity contribution in [3.8, 4) is 11.5 Å². The summed E-state index contributed by atoms with van der Waals surface area (Å²) in [4.78, 5) is 29.0. The van der Waals surface area contributed by atoms with Crippen molar-refractivity contribution in [3.63, 3.8) is 0 Å². The molecule has 0 N–H and O–H groups in total. The van der Waals surface area contributed by atoms with Crippen molar-refractivity contribution in [3.05, 3.63) is 51.5 Å². The monoisotopic (exact) mass is 434 g/mol. The van der Waals surface area contributed by atoms with Crippen LogP contribution in [0.2, 0.25) is 10.0 Å². The van der Waals surface area contributed by atoms with Crippen LogP contribution in [0, 0.1) is 0 Å². The lowest BCUT2D eigenvalue weighted by atomic mass is 9.97. The summed E-state index contributed by atoms with van der Waals surface area (Å²) in [6, 6.07) is 8.32. The highest BCUT2D eigenvalue weighted by atomic mass is 35.5. The molecule has 0 aliphatic carbocycles. The molecule has 0 unspecified atom stereocenters. The lowest BCUT2D eigenvalue weighted by Crippen LogP contribution is -2.44. The van der Waals surface area contributed by atoms with Gasteiger partial charge in [-0.2, -0.15) is 0 Å². The van der Waals surface area contributed by atoms with Crippen LogP contribution in [0.25, 0.3) is 0 Å². The third-order valence-corrected chi connectivity index (χ3v) is 6.29. The van der Waals surface area contributed by atoms with E-state index in [4.69, 9.17) is 32.7 Å². The number of ether oxygens (including phenoxy) is 2. The van der Waals surface area contributed by atoms with E-state index in [-0.39, 0.29) is 23.3 Å². The predicted octanol–water partition coefficient (Wildman–Crippen LogP) is 3.70. The molecule has 0 radical (unpaired) electrons. The Balaban J connectivity index is 1.60. The number of carbonyl (C=O) groups excluding carboxylic acids is 2. The zero-order chi connectivity index (χ0) is 20.7. The first-order chi connectivity index (χ1) is 13.9. The van der Waals surface area contributed by atoms with Gasteiger partial charge in [-0.1, -0.05) is 29.3 Å². The smallest absolute Gasteiger partial charge is 0.251 e. The summed E-state index contributed by atoms with van der Waals surface area (Å²) in [6.07, 6.45) is 0.871. The first kappa shape index (κ1) is 20.0. The quantitative estimate of drug-likeness (QED) is 0.686. The van der Waals surface area contributed by atoms with E-state index in [0.717, 1.165) is 22.4 Å². The minimum absolute atomic E-state index is 0.115. The standard InChI is InChI=1S/C21H20Cl2N2O4/c1-28-17-8-12-6-7-24(11-13(12)9-18(17)29-2)16-10-19(26)25(21(16)27)15-5-3-4-14(22)20(15)23/h3-5,8-9,16H,6-7,10-11H2,1-2H3/t16-/m0/s1. The van der Waals surface area contributed by atoms with Gasteiger partial charge in [0.25, 0.3) is 5.91 Å². The number of fused-ring (bicyclic) bond motifs is 1. The number of amides is 2. The number of benzene rings is 2. The molecule has 0 saturated carbocycles. The molecular weight excluding hydrogens is 415 g/mol. The molecule has 0 spiro atoms. The van der Waals surface area contributed by atoms with E-state index < -0.39 is 6.04 Å². The number of hydrogen-bond donors (Lipinski definition) is 0. The Morgan fingerprint density at radius 1 is 1.03 bits per heavy atom. The second kappa shape index (κ2) is 7.86. The molecule has 4 rings (SSSR count). The van der Waals surface area contributed by atoms with Gasteiger partial charge in [0.2, 0.25) is 5.91 Å². The minimum Gasteiger partial charge on any atom is -0.493 e. The Morgan fingerprint density at radius 3 is 2.41 bits per heavy atom. The SMILES string of the molecule is COc1cc2c(cc1OC)CN([C@H]1CC(=O)N(c3cccc(Cl)c3Cl)C1=O)CC2. The maximum absolute atomic E-state index is 13.1. The van der Waals surface area contributed by atoms with Crippen LogP contribution in [0.5, 0.6) is 11.5 Å². The Hall–Kier alpha value is -2.28. The second-order valence-electron chi connectivity index (χ2n) is 7.06. The Labute approximate surface area is 178 Å². The molecular formula is C21H20Cl2N2O4. The number of nitrogens with zero attached hydrogens (tertiary/aromatic N) is 2. The summed E-state index contributed by atoms with van der Waals surface area (Å²) >= 11 is 12.3. The molecule has 2 heterocycles. The summed E-state index contributed by atoms with van der Waals surface area (Å²) in [5, 5.41) is 0.512. The van der Waals surface area contributed by atoms with Crippen LogP contribution in [-0.4, -0.2) is 43.5 Å². The fraction of sp³-hybridized carbons (Fsp3) is 0.333. The fourth-order valence-corrected chi connectivity index (χ4v) is 4.37. The van der Waals surface area contributed by atoms with E-state index in [1.807, 2.05) is 17.0 Å². The Kier molecular flexibility index (Phi) is 5.42. The van der Waals surface area contributed by atoms with Crippen LogP contribution in [0.15, 0.2) is 30.3 Å². The highest BCUT2D eigenvalue weighted by Crippen LogP contribution is 2.38. The number of rotatable bonds is 4. The molecule has 152 valence electrons. The van der Waals surface area contributed by atoms with Crippen LogP contribution in [0.4, 0.5) is 5.69 Å². The maximum atomic E-state index is 13.1. The van der Waals surface area contributed by atoms with Gasteiger partial charge in [-0.25, -0.2) is 4.90 Å². The highest BCUT2D eigenvalue weighted by Gasteiger charge is 2.44. The average Bonchev–Trinajstić information content (AvgIpc) is 3.02. The molecule has 2 aliphatic heterocycles. The molecule has 8 heteroatoms. The number of imide groups is 1. The minimum atomic E-state index is -0.529. The average molecular weight is 435 g/mol. The van der Waals surface area contributed by atoms with Gasteiger partial charge in [-0.05, 0) is 41.8 Å². The van der Waals surface area contributed by atoms with Crippen LogP contribution < -0.4 is 14.4 Å². The molecule has 1 atom stereocenters. The summed E-state index contributed by atoms with van der Waals surface area (Å²) in [7, 11) is 3.20. The number of carbonyl (C=O) groups is 2. The van der Waals surface area contributed by atoms with Gasteiger partial charge in [-0.15, -0.1) is 0 Å². The zero-order valence-corrected chi connectivity index (χ0v) is 17.6. The van der Waals surface area contributed by atoms with Gasteiger partial charge in [0.1, 0.15) is 0 Å². The summed E-state index contributed by atoms with van der Waals surface area (Å²) in [5.41, 5.74) is 2.55. The first-order valence-electron chi connectivity index (χ1n) is 9.23. The molecule has 6 nitrogen and oxygen atoms in total. The number of methoxy groups -OCH3 is 2. The van der Waals surface area contributed by atoms with E-state index >= 15 is 0 Å². The summed E-state index contributed by atoms with van der Waals surface area (Å²) in [6.45, 7) is 1.22. The van der Waals surface area contributed by atoms with E-state index in [2.05, 4.69) is 0 Å². The van der Waals surface area contributed by atoms with Crippen molar-refractivity contribution in [2.75, 3.05) is 25.7 Å². The Bertz CT molecular complexity index is 995. The predicted molar refractivity (Wildman–Crippen MR) is 111 cm³/mol. The fourth-order valence-electron chi connectivity index (χ4n) is 3.99. The number of halogens is 2. The molecule has 2 aromatic carbocycles. The van der Waals surface area contributed by atoms with Crippen molar-refractivity contribution in [1.82, 2.24) is 4.90 Å². The molecule has 1 saturated heterocycles. The van der Waals surface area contributed by atoms with E-state index in [0.29, 0.717) is 35.3 Å². The van der Waals surface area contributed by atoms with Gasteiger partial charge >= 0.3 is 0 Å². The number of hydrogen-bond acceptors (Lipinski definition) is 5. The molecule has 0 bridgehead atoms. The van der Waals surface area contributed by atoms with Crippen molar-refractivity contribution in [1.29, 1.82) is 0 Å². The van der Waals surface area contributed by atoms with Gasteiger partial charge in [0, 0.05) is 13.1 Å². The molecule has 2 amide bonds. The van der Waals surface area contributed by atoms with Crippen molar-refractivity contribution in [2.24, 2.45) is 0 Å². The van der Waals surface area contributed by atoms with E-state index in [9.17, 15) is 9.59 Å². The number of anilines is 1. The van der Waals surface area contributed by atoms with Crippen molar-refractivity contribution >= 4 is 40.7 Å². The van der Waals surface area contributed by atoms with Gasteiger partial charge in [-0.3, -0.25) is 14.5 Å². The largest absolute Gasteiger partial charge is 0.493 e. The maximum Gasteiger partial charge on any atom is 0.251 e. The third kappa shape index (κ3) is 3.45. The second-order valence-corrected chi connectivity index (χ2v) is 7.84.